The molecule has 0 aliphatic carbocycles. The summed E-state index contributed by atoms with van der Waals surface area (Å²) in [5, 5.41) is 6.90. The van der Waals surface area contributed by atoms with Crippen molar-refractivity contribution in [3.63, 3.8) is 0 Å². The molecule has 1 atom stereocenters. The molecule has 0 unspecified atom stereocenters. The highest BCUT2D eigenvalue weighted by Crippen LogP contribution is 2.35. The van der Waals surface area contributed by atoms with Crippen molar-refractivity contribution < 1.29 is 13.6 Å². The standard InChI is InChI=1S/C28H22F2N4O/c1-17-26(27(25-12-6-7-15-31-25)34-24-11-5-4-10-22(24)30)20-16-18(13-14-23(20)32-17)33-28(35)19-8-2-3-9-21(19)29/h2-16,27,32,34H,1H3,(H,33,35)/t27-/m1/s1. The minimum absolute atomic E-state index is 0.0364. The summed E-state index contributed by atoms with van der Waals surface area (Å²) in [7, 11) is 0. The van der Waals surface area contributed by atoms with Gasteiger partial charge in [-0.2, -0.15) is 0 Å². The summed E-state index contributed by atoms with van der Waals surface area (Å²) in [5.41, 5.74) is 4.11. The maximum absolute atomic E-state index is 14.6. The van der Waals surface area contributed by atoms with E-state index in [1.807, 2.05) is 37.3 Å². The lowest BCUT2D eigenvalue weighted by Crippen LogP contribution is -2.16. The van der Waals surface area contributed by atoms with Crippen molar-refractivity contribution in [2.45, 2.75) is 13.0 Å². The number of hydrogen-bond donors (Lipinski definition) is 3. The molecule has 0 aliphatic rings. The lowest BCUT2D eigenvalue weighted by Gasteiger charge is -2.21. The van der Waals surface area contributed by atoms with Crippen LogP contribution in [0.15, 0.2) is 91.1 Å². The predicted octanol–water partition coefficient (Wildman–Crippen LogP) is 6.60. The van der Waals surface area contributed by atoms with Gasteiger partial charge in [0.25, 0.3) is 5.91 Å². The number of rotatable bonds is 6. The Labute approximate surface area is 200 Å². The van der Waals surface area contributed by atoms with Crippen LogP contribution in [-0.2, 0) is 0 Å². The van der Waals surface area contributed by atoms with Crippen LogP contribution in [0.2, 0.25) is 0 Å². The lowest BCUT2D eigenvalue weighted by atomic mass is 9.98. The van der Waals surface area contributed by atoms with E-state index in [2.05, 4.69) is 20.6 Å². The summed E-state index contributed by atoms with van der Waals surface area (Å²) in [6, 6.07) is 22.8. The van der Waals surface area contributed by atoms with Gasteiger partial charge in [-0.05, 0) is 61.5 Å². The molecule has 0 aliphatic heterocycles. The fourth-order valence-corrected chi connectivity index (χ4v) is 4.22. The van der Waals surface area contributed by atoms with Crippen molar-refractivity contribution in [3.05, 3.63) is 125 Å². The minimum Gasteiger partial charge on any atom is -0.370 e. The number of fused-ring (bicyclic) bond motifs is 1. The van der Waals surface area contributed by atoms with Crippen molar-refractivity contribution in [1.82, 2.24) is 9.97 Å². The average Bonchev–Trinajstić information content (AvgIpc) is 3.19. The Morgan fingerprint density at radius 3 is 2.40 bits per heavy atom. The Balaban J connectivity index is 1.58. The first-order valence-corrected chi connectivity index (χ1v) is 11.1. The zero-order valence-corrected chi connectivity index (χ0v) is 18.8. The van der Waals surface area contributed by atoms with Crippen molar-refractivity contribution in [3.8, 4) is 0 Å². The van der Waals surface area contributed by atoms with Gasteiger partial charge in [0.05, 0.1) is 23.0 Å². The molecule has 0 fully saturated rings. The number of aromatic amines is 1. The second-order valence-electron chi connectivity index (χ2n) is 8.17. The van der Waals surface area contributed by atoms with Gasteiger partial charge in [-0.25, -0.2) is 8.78 Å². The molecule has 0 saturated carbocycles. The van der Waals surface area contributed by atoms with E-state index < -0.39 is 17.8 Å². The van der Waals surface area contributed by atoms with Gasteiger partial charge in [-0.1, -0.05) is 30.3 Å². The molecule has 2 aromatic heterocycles. The van der Waals surface area contributed by atoms with Crippen LogP contribution in [0.3, 0.4) is 0 Å². The number of halogens is 2. The molecule has 0 radical (unpaired) electrons. The van der Waals surface area contributed by atoms with E-state index >= 15 is 0 Å². The van der Waals surface area contributed by atoms with Crippen LogP contribution in [0.5, 0.6) is 0 Å². The van der Waals surface area contributed by atoms with Gasteiger partial charge in [0, 0.05) is 34.0 Å². The predicted molar refractivity (Wildman–Crippen MR) is 133 cm³/mol. The molecular formula is C28H22F2N4O. The summed E-state index contributed by atoms with van der Waals surface area (Å²) in [6.45, 7) is 1.94. The molecule has 2 heterocycles. The smallest absolute Gasteiger partial charge is 0.258 e. The zero-order chi connectivity index (χ0) is 24.4. The van der Waals surface area contributed by atoms with Crippen LogP contribution < -0.4 is 10.6 Å². The summed E-state index contributed by atoms with van der Waals surface area (Å²) < 4.78 is 28.6. The van der Waals surface area contributed by atoms with Crippen LogP contribution in [-0.4, -0.2) is 15.9 Å². The van der Waals surface area contributed by atoms with Crippen molar-refractivity contribution >= 4 is 28.2 Å². The van der Waals surface area contributed by atoms with E-state index in [0.29, 0.717) is 17.1 Å². The van der Waals surface area contributed by atoms with Gasteiger partial charge in [0.2, 0.25) is 0 Å². The minimum atomic E-state index is -0.589. The second-order valence-corrected chi connectivity index (χ2v) is 8.17. The van der Waals surface area contributed by atoms with Gasteiger partial charge < -0.3 is 15.6 Å². The Bertz CT molecular complexity index is 1510. The van der Waals surface area contributed by atoms with Gasteiger partial charge in [-0.3, -0.25) is 9.78 Å². The summed E-state index contributed by atoms with van der Waals surface area (Å²) in [6.07, 6.45) is 1.69. The summed E-state index contributed by atoms with van der Waals surface area (Å²) in [5.74, 6) is -1.50. The van der Waals surface area contributed by atoms with Crippen LogP contribution >= 0.6 is 0 Å². The highest BCUT2D eigenvalue weighted by atomic mass is 19.1. The average molecular weight is 469 g/mol. The number of carbonyl (C=O) groups is 1. The molecule has 5 nitrogen and oxygen atoms in total. The van der Waals surface area contributed by atoms with Crippen LogP contribution in [0, 0.1) is 18.6 Å². The molecule has 0 spiro atoms. The van der Waals surface area contributed by atoms with Crippen molar-refractivity contribution in [2.75, 3.05) is 10.6 Å². The summed E-state index contributed by atoms with van der Waals surface area (Å²) >= 11 is 0. The molecule has 0 saturated heterocycles. The monoisotopic (exact) mass is 468 g/mol. The first kappa shape index (κ1) is 22.3. The Morgan fingerprint density at radius 2 is 1.66 bits per heavy atom. The number of carbonyl (C=O) groups excluding carboxylic acids is 1. The van der Waals surface area contributed by atoms with Gasteiger partial charge in [0.1, 0.15) is 11.6 Å². The molecule has 7 heteroatoms. The maximum Gasteiger partial charge on any atom is 0.258 e. The fraction of sp³-hybridized carbons (Fsp3) is 0.0714. The molecule has 3 aromatic carbocycles. The number of H-pyrrole nitrogens is 1. The number of pyridine rings is 1. The lowest BCUT2D eigenvalue weighted by molar-refractivity contribution is 0.102. The number of aryl methyl sites for hydroxylation is 1. The molecular weight excluding hydrogens is 446 g/mol. The van der Waals surface area contributed by atoms with Gasteiger partial charge in [-0.15, -0.1) is 0 Å². The molecule has 35 heavy (non-hydrogen) atoms. The Kier molecular flexibility index (Phi) is 5.97. The highest BCUT2D eigenvalue weighted by molar-refractivity contribution is 6.05. The van der Waals surface area contributed by atoms with E-state index in [0.717, 1.165) is 22.2 Å². The van der Waals surface area contributed by atoms with Crippen LogP contribution in [0.4, 0.5) is 20.2 Å². The van der Waals surface area contributed by atoms with Crippen molar-refractivity contribution in [1.29, 1.82) is 0 Å². The Morgan fingerprint density at radius 1 is 0.914 bits per heavy atom. The number of aromatic nitrogens is 2. The normalized spacial score (nSPS) is 11.9. The number of nitrogens with one attached hydrogen (secondary N) is 3. The van der Waals surface area contributed by atoms with Gasteiger partial charge >= 0.3 is 0 Å². The zero-order valence-electron chi connectivity index (χ0n) is 18.8. The second kappa shape index (κ2) is 9.38. The van der Waals surface area contributed by atoms with Crippen LogP contribution in [0.1, 0.15) is 33.4 Å². The molecule has 5 aromatic rings. The first-order valence-electron chi connectivity index (χ1n) is 11.1. The van der Waals surface area contributed by atoms with E-state index in [-0.39, 0.29) is 11.4 Å². The van der Waals surface area contributed by atoms with E-state index in [9.17, 15) is 13.6 Å². The van der Waals surface area contributed by atoms with Crippen molar-refractivity contribution in [2.24, 2.45) is 0 Å². The maximum atomic E-state index is 14.6. The number of amides is 1. The number of para-hydroxylation sites is 1. The Hall–Kier alpha value is -4.52. The molecule has 0 bridgehead atoms. The molecule has 174 valence electrons. The number of benzene rings is 3. The molecule has 5 rings (SSSR count). The van der Waals surface area contributed by atoms with E-state index in [1.165, 1.54) is 24.3 Å². The largest absolute Gasteiger partial charge is 0.370 e. The topological polar surface area (TPSA) is 69.8 Å². The third-order valence-electron chi connectivity index (χ3n) is 5.86. The van der Waals surface area contributed by atoms with E-state index in [4.69, 9.17) is 0 Å². The number of nitrogens with zero attached hydrogens (tertiary/aromatic N) is 1. The molecule has 1 amide bonds. The number of hydrogen-bond acceptors (Lipinski definition) is 3. The van der Waals surface area contributed by atoms with Gasteiger partial charge in [0.15, 0.2) is 0 Å². The SMILES string of the molecule is Cc1[nH]c2ccc(NC(=O)c3ccccc3F)cc2c1[C@H](Nc1ccccc1F)c1ccccn1. The number of anilines is 2. The highest BCUT2D eigenvalue weighted by Gasteiger charge is 2.23. The molecule has 3 N–H and O–H groups in total. The van der Waals surface area contributed by atoms with Crippen LogP contribution in [0.25, 0.3) is 10.9 Å². The summed E-state index contributed by atoms with van der Waals surface area (Å²) in [4.78, 5) is 20.6. The third-order valence-corrected chi connectivity index (χ3v) is 5.86. The first-order chi connectivity index (χ1) is 17.0. The fourth-order valence-electron chi connectivity index (χ4n) is 4.22. The third kappa shape index (κ3) is 4.48. The van der Waals surface area contributed by atoms with E-state index in [1.54, 1.807) is 36.5 Å². The quantitative estimate of drug-likeness (QED) is 0.263.